The number of anilines is 1. The smallest absolute Gasteiger partial charge is 0.223 e. The van der Waals surface area contributed by atoms with E-state index in [4.69, 9.17) is 15.2 Å². The number of rotatable bonds is 7. The molecule has 160 valence electrons. The summed E-state index contributed by atoms with van der Waals surface area (Å²) in [4.78, 5) is 22.9. The number of carbonyl (C=O) groups is 1. The number of amides is 1. The lowest BCUT2D eigenvalue weighted by Crippen LogP contribution is -2.36. The molecule has 0 saturated carbocycles. The van der Waals surface area contributed by atoms with E-state index in [1.165, 1.54) is 0 Å². The van der Waals surface area contributed by atoms with Gasteiger partial charge in [0.15, 0.2) is 11.5 Å². The van der Waals surface area contributed by atoms with E-state index < -0.39 is 0 Å². The van der Waals surface area contributed by atoms with Crippen molar-refractivity contribution < 1.29 is 14.3 Å². The number of aromatic nitrogens is 2. The van der Waals surface area contributed by atoms with Gasteiger partial charge in [0.1, 0.15) is 6.61 Å². The van der Waals surface area contributed by atoms with E-state index in [2.05, 4.69) is 9.97 Å². The van der Waals surface area contributed by atoms with Crippen molar-refractivity contribution in [3.8, 4) is 11.5 Å². The Balaban J connectivity index is 1.37. The monoisotopic (exact) mass is 418 g/mol. The van der Waals surface area contributed by atoms with Crippen LogP contribution in [0.15, 0.2) is 54.7 Å². The second kappa shape index (κ2) is 9.47. The average molecular weight is 418 g/mol. The summed E-state index contributed by atoms with van der Waals surface area (Å²) in [5.74, 6) is 1.70. The molecule has 0 radical (unpaired) electrons. The number of benzene rings is 2. The van der Waals surface area contributed by atoms with Crippen LogP contribution in [0.3, 0.4) is 0 Å². The van der Waals surface area contributed by atoms with Crippen molar-refractivity contribution in [3.63, 3.8) is 0 Å². The topological polar surface area (TPSA) is 90.6 Å². The molecule has 1 aliphatic rings. The number of nitrogen functional groups attached to an aromatic ring is 1. The maximum Gasteiger partial charge on any atom is 0.223 e. The zero-order valence-corrected chi connectivity index (χ0v) is 17.6. The zero-order valence-electron chi connectivity index (χ0n) is 17.6. The van der Waals surface area contributed by atoms with Gasteiger partial charge < -0.3 is 20.1 Å². The number of hydrogen-bond acceptors (Lipinski definition) is 6. The van der Waals surface area contributed by atoms with E-state index in [1.54, 1.807) is 13.3 Å². The highest BCUT2D eigenvalue weighted by molar-refractivity contribution is 5.76. The zero-order chi connectivity index (χ0) is 21.6. The van der Waals surface area contributed by atoms with Crippen LogP contribution in [0.5, 0.6) is 11.5 Å². The molecule has 0 atom stereocenters. The number of nitrogens with two attached hydrogens (primary N) is 1. The van der Waals surface area contributed by atoms with Crippen molar-refractivity contribution in [1.82, 2.24) is 14.9 Å². The molecule has 7 nitrogen and oxygen atoms in total. The molecule has 3 aromatic rings. The third kappa shape index (κ3) is 5.12. The summed E-state index contributed by atoms with van der Waals surface area (Å²) in [6.45, 7) is 1.61. The molecule has 1 aliphatic heterocycles. The summed E-state index contributed by atoms with van der Waals surface area (Å²) < 4.78 is 11.4. The Morgan fingerprint density at radius 3 is 2.77 bits per heavy atom. The number of methoxy groups -OCH3 is 1. The summed E-state index contributed by atoms with van der Waals surface area (Å²) in [6.07, 6.45) is 3.55. The summed E-state index contributed by atoms with van der Waals surface area (Å²) in [5, 5.41) is 0. The highest BCUT2D eigenvalue weighted by atomic mass is 16.5. The molecule has 1 amide bonds. The minimum atomic E-state index is 0.102. The molecule has 0 fully saturated rings. The van der Waals surface area contributed by atoms with Crippen molar-refractivity contribution in [3.05, 3.63) is 77.1 Å². The minimum Gasteiger partial charge on any atom is -0.493 e. The lowest BCUT2D eigenvalue weighted by atomic mass is 10.0. The van der Waals surface area contributed by atoms with Crippen LogP contribution >= 0.6 is 0 Å². The Morgan fingerprint density at radius 1 is 1.13 bits per heavy atom. The van der Waals surface area contributed by atoms with Gasteiger partial charge in [0.25, 0.3) is 0 Å². The molecule has 0 unspecified atom stereocenters. The number of carbonyl (C=O) groups excluding carboxylic acids is 1. The Morgan fingerprint density at radius 2 is 1.97 bits per heavy atom. The summed E-state index contributed by atoms with van der Waals surface area (Å²) in [7, 11) is 1.62. The van der Waals surface area contributed by atoms with Gasteiger partial charge in [-0.2, -0.15) is 0 Å². The van der Waals surface area contributed by atoms with Gasteiger partial charge in [0.05, 0.1) is 19.3 Å². The van der Waals surface area contributed by atoms with Gasteiger partial charge in [-0.05, 0) is 41.7 Å². The lowest BCUT2D eigenvalue weighted by Gasteiger charge is -2.28. The van der Waals surface area contributed by atoms with E-state index in [1.807, 2.05) is 53.4 Å². The highest BCUT2D eigenvalue weighted by Gasteiger charge is 2.22. The van der Waals surface area contributed by atoms with Crippen LogP contribution in [-0.2, 0) is 30.8 Å². The first-order chi connectivity index (χ1) is 15.1. The number of fused-ring (bicyclic) bond motifs is 1. The van der Waals surface area contributed by atoms with E-state index in [-0.39, 0.29) is 11.9 Å². The lowest BCUT2D eigenvalue weighted by molar-refractivity contribution is -0.132. The molecule has 2 heterocycles. The molecule has 4 rings (SSSR count). The average Bonchev–Trinajstić information content (AvgIpc) is 2.81. The Bertz CT molecular complexity index is 1060. The predicted molar refractivity (Wildman–Crippen MR) is 118 cm³/mol. The first kappa shape index (κ1) is 20.7. The van der Waals surface area contributed by atoms with Crippen LogP contribution in [0.2, 0.25) is 0 Å². The molecule has 0 bridgehead atoms. The quantitative estimate of drug-likeness (QED) is 0.634. The van der Waals surface area contributed by atoms with Crippen LogP contribution in [0, 0.1) is 0 Å². The van der Waals surface area contributed by atoms with Crippen molar-refractivity contribution in [1.29, 1.82) is 0 Å². The van der Waals surface area contributed by atoms with Gasteiger partial charge in [-0.25, -0.2) is 9.97 Å². The second-order valence-corrected chi connectivity index (χ2v) is 7.52. The van der Waals surface area contributed by atoms with Crippen molar-refractivity contribution in [2.75, 3.05) is 19.4 Å². The Hall–Kier alpha value is -3.61. The third-order valence-electron chi connectivity index (χ3n) is 5.41. The minimum absolute atomic E-state index is 0.102. The highest BCUT2D eigenvalue weighted by Crippen LogP contribution is 2.29. The fraction of sp³-hybridized carbons (Fsp3) is 0.292. The van der Waals surface area contributed by atoms with Gasteiger partial charge in [0.2, 0.25) is 11.9 Å². The molecule has 2 aromatic carbocycles. The summed E-state index contributed by atoms with van der Waals surface area (Å²) >= 11 is 0. The summed E-state index contributed by atoms with van der Waals surface area (Å²) in [5.41, 5.74) is 9.71. The van der Waals surface area contributed by atoms with Gasteiger partial charge in [0, 0.05) is 19.2 Å². The van der Waals surface area contributed by atoms with Gasteiger partial charge in [-0.15, -0.1) is 0 Å². The number of ether oxygens (including phenoxy) is 2. The van der Waals surface area contributed by atoms with Crippen LogP contribution in [0.4, 0.5) is 5.95 Å². The molecule has 7 heteroatoms. The maximum atomic E-state index is 12.8. The first-order valence-electron chi connectivity index (χ1n) is 10.3. The number of hydrogen-bond donors (Lipinski definition) is 1. The van der Waals surface area contributed by atoms with Crippen molar-refractivity contribution >= 4 is 11.9 Å². The standard InChI is InChI=1S/C24H26N4O3/c1-30-21-9-7-17(13-22(21)31-16-18-5-3-2-4-6-18)8-10-23(29)28-12-11-19-14-26-24(25)27-20(19)15-28/h2-7,9,13-14H,8,10-12,15-16H2,1H3,(H2,25,26,27). The molecular weight excluding hydrogens is 392 g/mol. The normalized spacial score (nSPS) is 12.9. The third-order valence-corrected chi connectivity index (χ3v) is 5.41. The molecule has 2 N–H and O–H groups in total. The van der Waals surface area contributed by atoms with E-state index in [9.17, 15) is 4.79 Å². The van der Waals surface area contributed by atoms with E-state index in [0.29, 0.717) is 44.0 Å². The first-order valence-corrected chi connectivity index (χ1v) is 10.3. The van der Waals surface area contributed by atoms with Crippen molar-refractivity contribution in [2.45, 2.75) is 32.4 Å². The van der Waals surface area contributed by atoms with Crippen LogP contribution in [0.25, 0.3) is 0 Å². The van der Waals surface area contributed by atoms with Crippen LogP contribution < -0.4 is 15.2 Å². The van der Waals surface area contributed by atoms with Gasteiger partial charge >= 0.3 is 0 Å². The Kier molecular flexibility index (Phi) is 6.31. The second-order valence-electron chi connectivity index (χ2n) is 7.52. The molecule has 0 spiro atoms. The van der Waals surface area contributed by atoms with E-state index in [0.717, 1.165) is 28.8 Å². The van der Waals surface area contributed by atoms with Gasteiger partial charge in [-0.1, -0.05) is 36.4 Å². The van der Waals surface area contributed by atoms with Crippen molar-refractivity contribution in [2.24, 2.45) is 0 Å². The van der Waals surface area contributed by atoms with E-state index >= 15 is 0 Å². The number of nitrogens with zero attached hydrogens (tertiary/aromatic N) is 3. The molecule has 0 aliphatic carbocycles. The molecule has 31 heavy (non-hydrogen) atoms. The molecule has 1 aromatic heterocycles. The predicted octanol–water partition coefficient (Wildman–Crippen LogP) is 3.16. The summed E-state index contributed by atoms with van der Waals surface area (Å²) in [6, 6.07) is 15.8. The largest absolute Gasteiger partial charge is 0.493 e. The van der Waals surface area contributed by atoms with Crippen LogP contribution in [0.1, 0.15) is 28.8 Å². The maximum absolute atomic E-state index is 12.8. The Labute approximate surface area is 181 Å². The molecular formula is C24H26N4O3. The SMILES string of the molecule is COc1ccc(CCC(=O)N2CCc3cnc(N)nc3C2)cc1OCc1ccccc1. The van der Waals surface area contributed by atoms with Crippen LogP contribution in [-0.4, -0.2) is 34.4 Å². The number of aryl methyl sites for hydroxylation is 1. The molecule has 0 saturated heterocycles. The van der Waals surface area contributed by atoms with Gasteiger partial charge in [-0.3, -0.25) is 4.79 Å². The fourth-order valence-electron chi connectivity index (χ4n) is 3.67. The fourth-order valence-corrected chi connectivity index (χ4v) is 3.67.